The smallest absolute Gasteiger partial charge is 0.405 e. The first-order chi connectivity index (χ1) is 8.58. The van der Waals surface area contributed by atoms with Crippen LogP contribution in [0.2, 0.25) is 0 Å². The Kier molecular flexibility index (Phi) is 5.15. The molecule has 108 valence electrons. The molecule has 1 unspecified atom stereocenters. The second-order valence-electron chi connectivity index (χ2n) is 5.12. The number of hydrogen-bond acceptors (Lipinski definition) is 3. The van der Waals surface area contributed by atoms with Gasteiger partial charge in [-0.25, -0.2) is 0 Å². The van der Waals surface area contributed by atoms with Crippen molar-refractivity contribution < 1.29 is 17.9 Å². The number of nitrogens with two attached hydrogens (primary N) is 1. The van der Waals surface area contributed by atoms with Crippen LogP contribution in [0.15, 0.2) is 24.3 Å². The maximum atomic E-state index is 12.3. The molecule has 1 atom stereocenters. The normalized spacial score (nSPS) is 14.3. The predicted molar refractivity (Wildman–Crippen MR) is 72.3 cm³/mol. The number of hydrogen-bond donors (Lipinski definition) is 1. The van der Waals surface area contributed by atoms with Gasteiger partial charge in [-0.1, -0.05) is 39.0 Å². The summed E-state index contributed by atoms with van der Waals surface area (Å²) in [7, 11) is 0. The zero-order chi connectivity index (χ0) is 14.7. The largest absolute Gasteiger partial charge is 0.573 e. The summed E-state index contributed by atoms with van der Waals surface area (Å²) in [5, 5.41) is 0. The Balaban J connectivity index is 2.82. The third kappa shape index (κ3) is 6.20. The second-order valence-corrected chi connectivity index (χ2v) is 6.96. The van der Waals surface area contributed by atoms with Gasteiger partial charge in [-0.15, -0.1) is 13.2 Å². The quantitative estimate of drug-likeness (QED) is 0.907. The molecule has 19 heavy (non-hydrogen) atoms. The highest BCUT2D eigenvalue weighted by atomic mass is 32.2. The molecule has 1 aromatic carbocycles. The first-order valence-corrected chi connectivity index (χ1v) is 6.81. The fourth-order valence-electron chi connectivity index (χ4n) is 1.43. The number of benzene rings is 1. The van der Waals surface area contributed by atoms with Gasteiger partial charge in [0.15, 0.2) is 0 Å². The van der Waals surface area contributed by atoms with Crippen LogP contribution in [0.3, 0.4) is 0 Å². The van der Waals surface area contributed by atoms with E-state index < -0.39 is 12.4 Å². The van der Waals surface area contributed by atoms with E-state index in [4.69, 9.17) is 5.73 Å². The van der Waals surface area contributed by atoms with Gasteiger partial charge in [0.2, 0.25) is 0 Å². The maximum absolute atomic E-state index is 12.3. The van der Waals surface area contributed by atoms with Crippen molar-refractivity contribution in [3.8, 4) is 5.75 Å². The zero-order valence-electron chi connectivity index (χ0n) is 11.1. The van der Waals surface area contributed by atoms with E-state index in [1.807, 2.05) is 20.8 Å². The van der Waals surface area contributed by atoms with E-state index in [2.05, 4.69) is 4.74 Å². The SMILES string of the molecule is CC(C)(C)SCC(N)c1ccccc1OC(F)(F)F. The summed E-state index contributed by atoms with van der Waals surface area (Å²) in [6.45, 7) is 6.09. The molecule has 2 N–H and O–H groups in total. The number of rotatable bonds is 4. The van der Waals surface area contributed by atoms with Crippen LogP contribution in [-0.2, 0) is 0 Å². The molecule has 0 bridgehead atoms. The van der Waals surface area contributed by atoms with Crippen LogP contribution in [0.25, 0.3) is 0 Å². The van der Waals surface area contributed by atoms with E-state index in [1.165, 1.54) is 12.1 Å². The van der Waals surface area contributed by atoms with Gasteiger partial charge >= 0.3 is 6.36 Å². The molecule has 1 rings (SSSR count). The van der Waals surface area contributed by atoms with Crippen LogP contribution in [0, 0.1) is 0 Å². The van der Waals surface area contributed by atoms with Crippen LogP contribution in [0.4, 0.5) is 13.2 Å². The minimum Gasteiger partial charge on any atom is -0.405 e. The molecule has 0 aromatic heterocycles. The van der Waals surface area contributed by atoms with Gasteiger partial charge < -0.3 is 10.5 Å². The second kappa shape index (κ2) is 6.05. The van der Waals surface area contributed by atoms with E-state index in [0.717, 1.165) is 0 Å². The van der Waals surface area contributed by atoms with Gasteiger partial charge in [0, 0.05) is 22.1 Å². The summed E-state index contributed by atoms with van der Waals surface area (Å²) in [6, 6.07) is 5.50. The van der Waals surface area contributed by atoms with Crippen molar-refractivity contribution in [3.05, 3.63) is 29.8 Å². The average Bonchev–Trinajstić information content (AvgIpc) is 2.23. The molecule has 0 heterocycles. The van der Waals surface area contributed by atoms with Crippen LogP contribution in [0.1, 0.15) is 32.4 Å². The number of thioether (sulfide) groups is 1. The molecule has 0 saturated heterocycles. The molecule has 2 nitrogen and oxygen atoms in total. The molecule has 0 spiro atoms. The summed E-state index contributed by atoms with van der Waals surface area (Å²) < 4.78 is 40.9. The van der Waals surface area contributed by atoms with Crippen molar-refractivity contribution in [2.75, 3.05) is 5.75 Å². The fraction of sp³-hybridized carbons (Fsp3) is 0.538. The molecular formula is C13H18F3NOS. The Morgan fingerprint density at radius 1 is 1.21 bits per heavy atom. The Labute approximate surface area is 115 Å². The first kappa shape index (κ1) is 16.2. The van der Waals surface area contributed by atoms with Crippen LogP contribution in [-0.4, -0.2) is 16.9 Å². The molecule has 1 aromatic rings. The summed E-state index contributed by atoms with van der Waals surface area (Å²) in [5.41, 5.74) is 6.33. The van der Waals surface area contributed by atoms with Crippen molar-refractivity contribution >= 4 is 11.8 Å². The van der Waals surface area contributed by atoms with Crippen molar-refractivity contribution in [2.45, 2.75) is 37.9 Å². The van der Waals surface area contributed by atoms with E-state index >= 15 is 0 Å². The van der Waals surface area contributed by atoms with E-state index in [-0.39, 0.29) is 10.5 Å². The number of alkyl halides is 3. The monoisotopic (exact) mass is 293 g/mol. The summed E-state index contributed by atoms with van der Waals surface area (Å²) >= 11 is 1.60. The minimum atomic E-state index is -4.70. The van der Waals surface area contributed by atoms with Crippen molar-refractivity contribution in [3.63, 3.8) is 0 Å². The van der Waals surface area contributed by atoms with Gasteiger partial charge in [-0.2, -0.15) is 11.8 Å². The van der Waals surface area contributed by atoms with E-state index in [1.54, 1.807) is 23.9 Å². The standard InChI is InChI=1S/C13H18F3NOS/c1-12(2,3)19-8-10(17)9-6-4-5-7-11(9)18-13(14,15)16/h4-7,10H,8,17H2,1-3H3. The van der Waals surface area contributed by atoms with Crippen LogP contribution in [0.5, 0.6) is 5.75 Å². The molecular weight excluding hydrogens is 275 g/mol. The molecule has 0 aliphatic rings. The summed E-state index contributed by atoms with van der Waals surface area (Å²) in [5.74, 6) is 0.305. The molecule has 0 amide bonds. The number of halogens is 3. The van der Waals surface area contributed by atoms with Gasteiger partial charge in [0.05, 0.1) is 0 Å². The summed E-state index contributed by atoms with van der Waals surface area (Å²) in [6.07, 6.45) is -4.70. The lowest BCUT2D eigenvalue weighted by Gasteiger charge is -2.22. The molecule has 0 radical (unpaired) electrons. The average molecular weight is 293 g/mol. The minimum absolute atomic E-state index is 0.0114. The molecule has 6 heteroatoms. The van der Waals surface area contributed by atoms with Gasteiger partial charge in [0.1, 0.15) is 5.75 Å². The molecule has 0 fully saturated rings. The Morgan fingerprint density at radius 3 is 2.32 bits per heavy atom. The van der Waals surface area contributed by atoms with Crippen LogP contribution < -0.4 is 10.5 Å². The molecule has 0 aliphatic carbocycles. The highest BCUT2D eigenvalue weighted by Crippen LogP contribution is 2.33. The predicted octanol–water partition coefficient (Wildman–Crippen LogP) is 4.12. The lowest BCUT2D eigenvalue weighted by atomic mass is 10.1. The van der Waals surface area contributed by atoms with Crippen molar-refractivity contribution in [2.24, 2.45) is 5.73 Å². The Morgan fingerprint density at radius 2 is 1.79 bits per heavy atom. The topological polar surface area (TPSA) is 35.2 Å². The fourth-order valence-corrected chi connectivity index (χ4v) is 2.29. The van der Waals surface area contributed by atoms with Crippen molar-refractivity contribution in [1.82, 2.24) is 0 Å². The van der Waals surface area contributed by atoms with Gasteiger partial charge in [0.25, 0.3) is 0 Å². The van der Waals surface area contributed by atoms with Gasteiger partial charge in [-0.05, 0) is 6.07 Å². The lowest BCUT2D eigenvalue weighted by molar-refractivity contribution is -0.274. The Bertz CT molecular complexity index is 415. The zero-order valence-corrected chi connectivity index (χ0v) is 11.9. The third-order valence-corrected chi connectivity index (χ3v) is 3.63. The number of para-hydroxylation sites is 1. The number of ether oxygens (including phenoxy) is 1. The van der Waals surface area contributed by atoms with E-state index in [9.17, 15) is 13.2 Å². The third-order valence-electron chi connectivity index (χ3n) is 2.24. The highest BCUT2D eigenvalue weighted by Gasteiger charge is 2.32. The lowest BCUT2D eigenvalue weighted by Crippen LogP contribution is -2.22. The van der Waals surface area contributed by atoms with Crippen molar-refractivity contribution in [1.29, 1.82) is 0 Å². The van der Waals surface area contributed by atoms with E-state index in [0.29, 0.717) is 11.3 Å². The highest BCUT2D eigenvalue weighted by molar-refractivity contribution is 8.00. The summed E-state index contributed by atoms with van der Waals surface area (Å²) in [4.78, 5) is 0. The molecule has 0 aliphatic heterocycles. The maximum Gasteiger partial charge on any atom is 0.573 e. The van der Waals surface area contributed by atoms with Gasteiger partial charge in [-0.3, -0.25) is 0 Å². The Hall–Kier alpha value is -0.880. The molecule has 0 saturated carbocycles. The first-order valence-electron chi connectivity index (χ1n) is 5.83. The van der Waals surface area contributed by atoms with Crippen LogP contribution >= 0.6 is 11.8 Å².